The van der Waals surface area contributed by atoms with Crippen LogP contribution >= 0.6 is 35.0 Å². The lowest BCUT2D eigenvalue weighted by molar-refractivity contribution is 0.165. The predicted molar refractivity (Wildman–Crippen MR) is 83.9 cm³/mol. The lowest BCUT2D eigenvalue weighted by Crippen LogP contribution is -2.44. The van der Waals surface area contributed by atoms with Crippen LogP contribution in [0.2, 0.25) is 10.0 Å². The second-order valence-corrected chi connectivity index (χ2v) is 6.76. The maximum Gasteiger partial charge on any atom is 0.329 e. The Bertz CT molecular complexity index is 599. The second-order valence-electron chi connectivity index (χ2n) is 4.76. The largest absolute Gasteiger partial charge is 0.336 e. The van der Waals surface area contributed by atoms with Crippen LogP contribution in [0.15, 0.2) is 18.2 Å². The highest BCUT2D eigenvalue weighted by atomic mass is 35.5. The van der Waals surface area contributed by atoms with Crippen LogP contribution < -0.4 is 5.32 Å². The van der Waals surface area contributed by atoms with Crippen LogP contribution in [-0.4, -0.2) is 47.2 Å². The molecule has 0 spiro atoms. The van der Waals surface area contributed by atoms with Crippen molar-refractivity contribution in [1.29, 1.82) is 0 Å². The van der Waals surface area contributed by atoms with Gasteiger partial charge in [0.2, 0.25) is 0 Å². The molecule has 5 nitrogen and oxygen atoms in total. The number of hydrogen-bond acceptors (Lipinski definition) is 3. The van der Waals surface area contributed by atoms with E-state index in [1.807, 2.05) is 6.07 Å². The third kappa shape index (κ3) is 2.80. The topological polar surface area (TPSA) is 52.7 Å². The van der Waals surface area contributed by atoms with Gasteiger partial charge in [0.05, 0.1) is 10.0 Å². The number of hydrogen-bond donors (Lipinski definition) is 1. The molecule has 3 rings (SSSR count). The predicted octanol–water partition coefficient (Wildman–Crippen LogP) is 3.19. The second kappa shape index (κ2) is 5.94. The lowest BCUT2D eigenvalue weighted by atomic mass is 10.2. The minimum atomic E-state index is -0.329. The highest BCUT2D eigenvalue weighted by Gasteiger charge is 2.37. The van der Waals surface area contributed by atoms with Crippen molar-refractivity contribution in [3.8, 4) is 0 Å². The summed E-state index contributed by atoms with van der Waals surface area (Å²) in [4.78, 5) is 27.1. The minimum Gasteiger partial charge on any atom is -0.336 e. The Morgan fingerprint density at radius 3 is 2.76 bits per heavy atom. The van der Waals surface area contributed by atoms with Crippen LogP contribution in [0.25, 0.3) is 0 Å². The van der Waals surface area contributed by atoms with E-state index in [4.69, 9.17) is 23.2 Å². The van der Waals surface area contributed by atoms with Gasteiger partial charge in [0.15, 0.2) is 0 Å². The first-order valence-corrected chi connectivity index (χ1v) is 8.31. The van der Waals surface area contributed by atoms with Crippen molar-refractivity contribution < 1.29 is 9.59 Å². The van der Waals surface area contributed by atoms with E-state index >= 15 is 0 Å². The molecule has 4 amide bonds. The Morgan fingerprint density at radius 1 is 1.29 bits per heavy atom. The molecule has 0 bridgehead atoms. The summed E-state index contributed by atoms with van der Waals surface area (Å²) in [6, 6.07) is 4.78. The third-order valence-electron chi connectivity index (χ3n) is 3.45. The van der Waals surface area contributed by atoms with Crippen LogP contribution in [0.4, 0.5) is 9.59 Å². The van der Waals surface area contributed by atoms with Gasteiger partial charge in [0, 0.05) is 25.4 Å². The summed E-state index contributed by atoms with van der Waals surface area (Å²) in [5.41, 5.74) is 0.917. The molecule has 0 radical (unpaired) electrons. The number of halogens is 2. The number of nitrogens with zero attached hydrogens (tertiary/aromatic N) is 2. The Hall–Kier alpha value is -1.11. The molecule has 1 aromatic carbocycles. The Kier molecular flexibility index (Phi) is 4.19. The molecule has 0 aromatic heterocycles. The highest BCUT2D eigenvalue weighted by molar-refractivity contribution is 7.99. The molecule has 2 heterocycles. The van der Waals surface area contributed by atoms with Gasteiger partial charge >= 0.3 is 12.1 Å². The Balaban J connectivity index is 1.83. The van der Waals surface area contributed by atoms with E-state index in [9.17, 15) is 9.59 Å². The van der Waals surface area contributed by atoms with Gasteiger partial charge in [-0.05, 0) is 17.7 Å². The molecule has 21 heavy (non-hydrogen) atoms. The molecular formula is C13H13Cl2N3O2S. The fourth-order valence-electron chi connectivity index (χ4n) is 2.42. The Morgan fingerprint density at radius 2 is 2.10 bits per heavy atom. The molecule has 2 saturated heterocycles. The summed E-state index contributed by atoms with van der Waals surface area (Å²) in [5, 5.41) is 3.45. The lowest BCUT2D eigenvalue weighted by Gasteiger charge is -2.27. The third-order valence-corrected chi connectivity index (χ3v) is 5.45. The summed E-state index contributed by atoms with van der Waals surface area (Å²) in [5.74, 6) is 0.826. The van der Waals surface area contributed by atoms with Crippen molar-refractivity contribution in [3.05, 3.63) is 33.8 Å². The van der Waals surface area contributed by atoms with Crippen LogP contribution in [0.3, 0.4) is 0 Å². The number of imide groups is 1. The van der Waals surface area contributed by atoms with Crippen LogP contribution in [0.5, 0.6) is 0 Å². The normalized spacial score (nSPS) is 21.8. The molecule has 8 heteroatoms. The molecule has 1 aromatic rings. The SMILES string of the molecule is O=C1NCCN1C(=O)N1CCSC1c1ccc(Cl)c(Cl)c1. The summed E-state index contributed by atoms with van der Waals surface area (Å²) < 4.78 is 0. The number of amides is 4. The summed E-state index contributed by atoms with van der Waals surface area (Å²) in [6.07, 6.45) is 0. The number of thioether (sulfide) groups is 1. The first-order chi connectivity index (χ1) is 10.1. The summed E-state index contributed by atoms with van der Waals surface area (Å²) >= 11 is 13.6. The monoisotopic (exact) mass is 345 g/mol. The quantitative estimate of drug-likeness (QED) is 0.850. The zero-order chi connectivity index (χ0) is 15.0. The molecule has 1 N–H and O–H groups in total. The van der Waals surface area contributed by atoms with Gasteiger partial charge < -0.3 is 10.2 Å². The van der Waals surface area contributed by atoms with Gasteiger partial charge in [0.25, 0.3) is 0 Å². The van der Waals surface area contributed by atoms with E-state index in [2.05, 4.69) is 5.32 Å². The van der Waals surface area contributed by atoms with Crippen molar-refractivity contribution >= 4 is 47.0 Å². The van der Waals surface area contributed by atoms with E-state index in [1.54, 1.807) is 28.8 Å². The van der Waals surface area contributed by atoms with Crippen molar-refractivity contribution in [2.75, 3.05) is 25.4 Å². The van der Waals surface area contributed by atoms with Crippen LogP contribution in [0.1, 0.15) is 10.9 Å². The zero-order valence-corrected chi connectivity index (χ0v) is 13.3. The van der Waals surface area contributed by atoms with Crippen molar-refractivity contribution in [1.82, 2.24) is 15.1 Å². The van der Waals surface area contributed by atoms with E-state index in [0.29, 0.717) is 29.7 Å². The molecule has 2 aliphatic rings. The van der Waals surface area contributed by atoms with Gasteiger partial charge in [0.1, 0.15) is 5.37 Å². The zero-order valence-electron chi connectivity index (χ0n) is 11.0. The smallest absolute Gasteiger partial charge is 0.329 e. The van der Waals surface area contributed by atoms with E-state index in [-0.39, 0.29) is 17.4 Å². The average molecular weight is 346 g/mol. The van der Waals surface area contributed by atoms with E-state index < -0.39 is 0 Å². The Labute approximate surface area is 136 Å². The molecule has 0 saturated carbocycles. The van der Waals surface area contributed by atoms with Crippen LogP contribution in [0, 0.1) is 0 Å². The molecule has 0 aliphatic carbocycles. The molecule has 2 fully saturated rings. The molecular weight excluding hydrogens is 333 g/mol. The van der Waals surface area contributed by atoms with E-state index in [1.165, 1.54) is 4.90 Å². The fraction of sp³-hybridized carbons (Fsp3) is 0.385. The standard InChI is InChI=1S/C13H13Cl2N3O2S/c14-9-2-1-8(7-10(9)15)11-17(5-6-21-11)13(20)18-4-3-16-12(18)19/h1-2,7,11H,3-6H2,(H,16,19). The van der Waals surface area contributed by atoms with E-state index in [0.717, 1.165) is 11.3 Å². The van der Waals surface area contributed by atoms with Crippen molar-refractivity contribution in [2.24, 2.45) is 0 Å². The molecule has 112 valence electrons. The first-order valence-electron chi connectivity index (χ1n) is 6.50. The maximum atomic E-state index is 12.5. The van der Waals surface area contributed by atoms with Gasteiger partial charge in [-0.15, -0.1) is 11.8 Å². The number of nitrogens with one attached hydrogen (secondary N) is 1. The summed E-state index contributed by atoms with van der Waals surface area (Å²) in [7, 11) is 0. The first kappa shape index (κ1) is 14.8. The van der Waals surface area contributed by atoms with Gasteiger partial charge in [-0.25, -0.2) is 14.5 Å². The molecule has 1 unspecified atom stereocenters. The van der Waals surface area contributed by atoms with Crippen LogP contribution in [-0.2, 0) is 0 Å². The number of carbonyl (C=O) groups excluding carboxylic acids is 2. The highest BCUT2D eigenvalue weighted by Crippen LogP contribution is 2.40. The fourth-order valence-corrected chi connectivity index (χ4v) is 3.96. The average Bonchev–Trinajstić information content (AvgIpc) is 3.10. The molecule has 1 atom stereocenters. The van der Waals surface area contributed by atoms with Gasteiger partial charge in [-0.3, -0.25) is 0 Å². The van der Waals surface area contributed by atoms with Gasteiger partial charge in [-0.2, -0.15) is 0 Å². The number of urea groups is 2. The maximum absolute atomic E-state index is 12.5. The number of carbonyl (C=O) groups is 2. The number of rotatable bonds is 1. The number of benzene rings is 1. The van der Waals surface area contributed by atoms with Crippen molar-refractivity contribution in [3.63, 3.8) is 0 Å². The van der Waals surface area contributed by atoms with Crippen molar-refractivity contribution in [2.45, 2.75) is 5.37 Å². The van der Waals surface area contributed by atoms with Gasteiger partial charge in [-0.1, -0.05) is 29.3 Å². The molecule has 2 aliphatic heterocycles. The minimum absolute atomic E-state index is 0.138. The summed E-state index contributed by atoms with van der Waals surface area (Å²) in [6.45, 7) is 1.52.